The lowest BCUT2D eigenvalue weighted by Gasteiger charge is -2.12. The molecule has 0 spiro atoms. The normalized spacial score (nSPS) is 14.6. The van der Waals surface area contributed by atoms with Gasteiger partial charge in [0.15, 0.2) is 0 Å². The van der Waals surface area contributed by atoms with Gasteiger partial charge in [0.05, 0.1) is 0 Å². The highest BCUT2D eigenvalue weighted by Gasteiger charge is 2.04. The average Bonchev–Trinajstić information content (AvgIpc) is 1.67. The molecule has 0 fully saturated rings. The molecule has 0 aromatic heterocycles. The van der Waals surface area contributed by atoms with E-state index in [1.807, 2.05) is 0 Å². The second-order valence-corrected chi connectivity index (χ2v) is 2.73. The van der Waals surface area contributed by atoms with Gasteiger partial charge in [-0.05, 0) is 18.3 Å². The summed E-state index contributed by atoms with van der Waals surface area (Å²) in [5, 5.41) is 8.49. The Hall–Kier alpha value is -0.0400. The Morgan fingerprint density at radius 2 is 1.75 bits per heavy atom. The van der Waals surface area contributed by atoms with E-state index in [9.17, 15) is 0 Å². The van der Waals surface area contributed by atoms with Gasteiger partial charge in [-0.2, -0.15) is 0 Å². The van der Waals surface area contributed by atoms with Crippen molar-refractivity contribution in [1.82, 2.24) is 0 Å². The van der Waals surface area contributed by atoms with Crippen molar-refractivity contribution in [2.45, 2.75) is 27.2 Å². The van der Waals surface area contributed by atoms with Crippen LogP contribution in [-0.2, 0) is 0 Å². The second-order valence-electron chi connectivity index (χ2n) is 2.73. The quantitative estimate of drug-likeness (QED) is 0.594. The fourth-order valence-electron chi connectivity index (χ4n) is 0.537. The minimum absolute atomic E-state index is 0.333. The number of hydrogen-bond acceptors (Lipinski definition) is 1. The van der Waals surface area contributed by atoms with Gasteiger partial charge in [0.1, 0.15) is 0 Å². The first-order valence-corrected chi connectivity index (χ1v) is 3.29. The lowest BCUT2D eigenvalue weighted by Crippen LogP contribution is -2.05. The van der Waals surface area contributed by atoms with Crippen molar-refractivity contribution >= 4 is 0 Å². The third-order valence-electron chi connectivity index (χ3n) is 1.72. The van der Waals surface area contributed by atoms with Crippen LogP contribution in [0.1, 0.15) is 27.2 Å². The molecule has 0 saturated carbocycles. The number of aliphatic hydroxyl groups is 1. The molecule has 0 unspecified atom stereocenters. The van der Waals surface area contributed by atoms with E-state index < -0.39 is 0 Å². The Balaban J connectivity index is 3.17. The van der Waals surface area contributed by atoms with Gasteiger partial charge in [-0.3, -0.25) is 0 Å². The molecule has 1 atom stereocenters. The average molecular weight is 116 g/mol. The van der Waals surface area contributed by atoms with Gasteiger partial charge in [0.2, 0.25) is 0 Å². The number of rotatable bonds is 3. The molecule has 0 heterocycles. The first-order valence-electron chi connectivity index (χ1n) is 3.29. The molecule has 0 amide bonds. The molecule has 0 aliphatic heterocycles. The van der Waals surface area contributed by atoms with E-state index in [4.69, 9.17) is 5.11 Å². The van der Waals surface area contributed by atoms with E-state index in [1.54, 1.807) is 0 Å². The Kier molecular flexibility index (Phi) is 3.88. The summed E-state index contributed by atoms with van der Waals surface area (Å²) >= 11 is 0. The molecule has 1 nitrogen and oxygen atoms in total. The van der Waals surface area contributed by atoms with Gasteiger partial charge in [0, 0.05) is 6.61 Å². The summed E-state index contributed by atoms with van der Waals surface area (Å²) in [6.07, 6.45) is 0.942. The summed E-state index contributed by atoms with van der Waals surface area (Å²) in [7, 11) is 0. The Morgan fingerprint density at radius 3 is 1.88 bits per heavy atom. The highest BCUT2D eigenvalue weighted by Crippen LogP contribution is 2.12. The molecule has 0 aliphatic rings. The minimum Gasteiger partial charge on any atom is -0.396 e. The first-order chi connectivity index (χ1) is 3.68. The standard InChI is InChI=1S/C7H16O/c1-6(2)7(3)4-5-8/h6-8H,4-5H2,1-3H3/t7-/m1/s1. The van der Waals surface area contributed by atoms with Gasteiger partial charge in [-0.15, -0.1) is 0 Å². The summed E-state index contributed by atoms with van der Waals surface area (Å²) < 4.78 is 0. The second kappa shape index (κ2) is 3.90. The molecular weight excluding hydrogens is 100 g/mol. The van der Waals surface area contributed by atoms with Crippen LogP contribution in [-0.4, -0.2) is 11.7 Å². The van der Waals surface area contributed by atoms with E-state index in [2.05, 4.69) is 20.8 Å². The fourth-order valence-corrected chi connectivity index (χ4v) is 0.537. The van der Waals surface area contributed by atoms with Crippen molar-refractivity contribution < 1.29 is 5.11 Å². The molecule has 0 aromatic rings. The topological polar surface area (TPSA) is 20.2 Å². The van der Waals surface area contributed by atoms with E-state index in [0.717, 1.165) is 6.42 Å². The van der Waals surface area contributed by atoms with E-state index in [0.29, 0.717) is 18.4 Å². The van der Waals surface area contributed by atoms with Crippen LogP contribution in [0, 0.1) is 11.8 Å². The smallest absolute Gasteiger partial charge is 0.0433 e. The monoisotopic (exact) mass is 116 g/mol. The summed E-state index contributed by atoms with van der Waals surface area (Å²) in [6, 6.07) is 0. The first kappa shape index (κ1) is 7.96. The van der Waals surface area contributed by atoms with Crippen molar-refractivity contribution in [3.63, 3.8) is 0 Å². The Bertz CT molecular complexity index is 50.3. The zero-order chi connectivity index (χ0) is 6.57. The van der Waals surface area contributed by atoms with Crippen molar-refractivity contribution in [2.24, 2.45) is 11.8 Å². The minimum atomic E-state index is 0.333. The molecule has 0 bridgehead atoms. The Morgan fingerprint density at radius 1 is 1.25 bits per heavy atom. The molecule has 1 heteroatoms. The number of aliphatic hydroxyl groups excluding tert-OH is 1. The van der Waals surface area contributed by atoms with E-state index in [-0.39, 0.29) is 0 Å². The molecule has 0 radical (unpaired) electrons. The number of hydrogen-bond donors (Lipinski definition) is 1. The fraction of sp³-hybridized carbons (Fsp3) is 1.00. The predicted molar refractivity (Wildman–Crippen MR) is 35.7 cm³/mol. The largest absolute Gasteiger partial charge is 0.396 e. The van der Waals surface area contributed by atoms with Gasteiger partial charge < -0.3 is 5.11 Å². The lowest BCUT2D eigenvalue weighted by atomic mass is 9.95. The molecule has 0 aliphatic carbocycles. The van der Waals surface area contributed by atoms with Crippen LogP contribution < -0.4 is 0 Å². The summed E-state index contributed by atoms with van der Waals surface area (Å²) in [6.45, 7) is 6.86. The van der Waals surface area contributed by atoms with Crippen LogP contribution in [0.4, 0.5) is 0 Å². The molecule has 50 valence electrons. The third kappa shape index (κ3) is 3.03. The van der Waals surface area contributed by atoms with Crippen LogP contribution in [0.25, 0.3) is 0 Å². The van der Waals surface area contributed by atoms with Crippen LogP contribution in [0.5, 0.6) is 0 Å². The summed E-state index contributed by atoms with van der Waals surface area (Å²) in [5.41, 5.74) is 0. The van der Waals surface area contributed by atoms with Gasteiger partial charge in [0.25, 0.3) is 0 Å². The van der Waals surface area contributed by atoms with Gasteiger partial charge >= 0.3 is 0 Å². The van der Waals surface area contributed by atoms with Crippen LogP contribution in [0.2, 0.25) is 0 Å². The zero-order valence-electron chi connectivity index (χ0n) is 6.02. The van der Waals surface area contributed by atoms with Crippen molar-refractivity contribution in [3.8, 4) is 0 Å². The molecule has 1 N–H and O–H groups in total. The highest BCUT2D eigenvalue weighted by atomic mass is 16.3. The molecule has 8 heavy (non-hydrogen) atoms. The molecule has 0 rings (SSSR count). The van der Waals surface area contributed by atoms with Crippen LogP contribution in [0.3, 0.4) is 0 Å². The SMILES string of the molecule is CC(C)[C@H](C)CCO. The maximum atomic E-state index is 8.49. The molecular formula is C7H16O. The third-order valence-corrected chi connectivity index (χ3v) is 1.72. The van der Waals surface area contributed by atoms with Crippen molar-refractivity contribution in [2.75, 3.05) is 6.61 Å². The summed E-state index contributed by atoms with van der Waals surface area (Å²) in [5.74, 6) is 1.38. The van der Waals surface area contributed by atoms with E-state index >= 15 is 0 Å². The zero-order valence-corrected chi connectivity index (χ0v) is 6.02. The van der Waals surface area contributed by atoms with Crippen molar-refractivity contribution in [3.05, 3.63) is 0 Å². The highest BCUT2D eigenvalue weighted by molar-refractivity contribution is 4.54. The van der Waals surface area contributed by atoms with Crippen LogP contribution >= 0.6 is 0 Å². The Labute approximate surface area is 51.7 Å². The maximum Gasteiger partial charge on any atom is 0.0433 e. The lowest BCUT2D eigenvalue weighted by molar-refractivity contribution is 0.241. The van der Waals surface area contributed by atoms with Crippen molar-refractivity contribution in [1.29, 1.82) is 0 Å². The predicted octanol–water partition coefficient (Wildman–Crippen LogP) is 1.66. The molecule has 0 saturated heterocycles. The van der Waals surface area contributed by atoms with Gasteiger partial charge in [-0.25, -0.2) is 0 Å². The maximum absolute atomic E-state index is 8.49. The van der Waals surface area contributed by atoms with Gasteiger partial charge in [-0.1, -0.05) is 20.8 Å². The van der Waals surface area contributed by atoms with Crippen LogP contribution in [0.15, 0.2) is 0 Å². The summed E-state index contributed by atoms with van der Waals surface area (Å²) in [4.78, 5) is 0. The molecule has 0 aromatic carbocycles. The van der Waals surface area contributed by atoms with E-state index in [1.165, 1.54) is 0 Å².